The molecular formula is C11H15FN6. The molecule has 1 unspecified atom stereocenters. The van der Waals surface area contributed by atoms with Gasteiger partial charge >= 0.3 is 0 Å². The van der Waals surface area contributed by atoms with Crippen molar-refractivity contribution < 1.29 is 4.39 Å². The predicted molar refractivity (Wildman–Crippen MR) is 63.1 cm³/mol. The zero-order chi connectivity index (χ0) is 13.0. The largest absolute Gasteiger partial charge is 0.310 e. The predicted octanol–water partition coefficient (Wildman–Crippen LogP) is 0.637. The Labute approximate surface area is 104 Å². The van der Waals surface area contributed by atoms with Crippen LogP contribution < -0.4 is 5.32 Å². The average Bonchev–Trinajstić information content (AvgIpc) is 2.75. The molecule has 0 fully saturated rings. The first-order valence-corrected chi connectivity index (χ1v) is 5.76. The van der Waals surface area contributed by atoms with Crippen LogP contribution in [0.4, 0.5) is 4.39 Å². The normalized spacial score (nSPS) is 12.6. The van der Waals surface area contributed by atoms with E-state index in [1.54, 1.807) is 19.3 Å². The number of aromatic nitrogens is 5. The Morgan fingerprint density at radius 1 is 1.50 bits per heavy atom. The molecular weight excluding hydrogens is 235 g/mol. The van der Waals surface area contributed by atoms with E-state index in [-0.39, 0.29) is 11.9 Å². The molecule has 2 heterocycles. The van der Waals surface area contributed by atoms with E-state index in [0.29, 0.717) is 17.8 Å². The third-order valence-electron chi connectivity index (χ3n) is 2.57. The van der Waals surface area contributed by atoms with Crippen LogP contribution in [0.15, 0.2) is 18.5 Å². The molecule has 1 atom stereocenters. The fourth-order valence-electron chi connectivity index (χ4n) is 1.79. The van der Waals surface area contributed by atoms with Gasteiger partial charge in [0.25, 0.3) is 0 Å². The second kappa shape index (κ2) is 5.63. The summed E-state index contributed by atoms with van der Waals surface area (Å²) >= 11 is 0. The highest BCUT2D eigenvalue weighted by molar-refractivity contribution is 5.18. The van der Waals surface area contributed by atoms with Crippen molar-refractivity contribution in [2.75, 3.05) is 6.54 Å². The van der Waals surface area contributed by atoms with E-state index in [9.17, 15) is 4.39 Å². The molecule has 96 valence electrons. The number of hydrogen-bond acceptors (Lipinski definition) is 5. The summed E-state index contributed by atoms with van der Waals surface area (Å²) in [5.74, 6) is 0.256. The SMILES string of the molecule is CCNC(Cc1nnn(C)n1)c1ccncc1F. The number of nitrogens with one attached hydrogen (secondary N) is 1. The van der Waals surface area contributed by atoms with Gasteiger partial charge in [0.2, 0.25) is 0 Å². The Balaban J connectivity index is 2.20. The molecule has 0 aliphatic heterocycles. The van der Waals surface area contributed by atoms with Crippen molar-refractivity contribution in [1.82, 2.24) is 30.5 Å². The summed E-state index contributed by atoms with van der Waals surface area (Å²) in [5.41, 5.74) is 0.569. The maximum Gasteiger partial charge on any atom is 0.176 e. The molecule has 7 heteroatoms. The molecule has 2 aromatic heterocycles. The lowest BCUT2D eigenvalue weighted by Gasteiger charge is -2.16. The lowest BCUT2D eigenvalue weighted by atomic mass is 10.0. The second-order valence-electron chi connectivity index (χ2n) is 3.91. The van der Waals surface area contributed by atoms with Crippen LogP contribution in [-0.4, -0.2) is 31.7 Å². The fraction of sp³-hybridized carbons (Fsp3) is 0.455. The van der Waals surface area contributed by atoms with Crippen LogP contribution in [0.25, 0.3) is 0 Å². The number of aryl methyl sites for hydroxylation is 1. The summed E-state index contributed by atoms with van der Waals surface area (Å²) in [6, 6.07) is 1.49. The minimum absolute atomic E-state index is 0.179. The molecule has 0 aliphatic carbocycles. The van der Waals surface area contributed by atoms with Crippen LogP contribution >= 0.6 is 0 Å². The van der Waals surface area contributed by atoms with E-state index in [0.717, 1.165) is 6.54 Å². The summed E-state index contributed by atoms with van der Waals surface area (Å²) < 4.78 is 13.7. The minimum Gasteiger partial charge on any atom is -0.310 e. The Hall–Kier alpha value is -1.89. The van der Waals surface area contributed by atoms with Crippen molar-refractivity contribution in [1.29, 1.82) is 0 Å². The third kappa shape index (κ3) is 2.86. The molecule has 0 aliphatic rings. The highest BCUT2D eigenvalue weighted by Gasteiger charge is 2.17. The first-order chi connectivity index (χ1) is 8.70. The van der Waals surface area contributed by atoms with Gasteiger partial charge in [-0.05, 0) is 17.8 Å². The number of pyridine rings is 1. The quantitative estimate of drug-likeness (QED) is 0.843. The van der Waals surface area contributed by atoms with Crippen molar-refractivity contribution in [2.45, 2.75) is 19.4 Å². The lowest BCUT2D eigenvalue weighted by Crippen LogP contribution is -2.24. The van der Waals surface area contributed by atoms with Crippen LogP contribution in [-0.2, 0) is 13.5 Å². The molecule has 0 saturated carbocycles. The standard InChI is InChI=1S/C11H15FN6/c1-3-14-10(6-11-15-17-18(2)16-11)8-4-5-13-7-9(8)12/h4-5,7,10,14H,3,6H2,1-2H3. The van der Waals surface area contributed by atoms with Crippen LogP contribution in [0.2, 0.25) is 0 Å². The van der Waals surface area contributed by atoms with E-state index in [1.807, 2.05) is 6.92 Å². The fourth-order valence-corrected chi connectivity index (χ4v) is 1.79. The lowest BCUT2D eigenvalue weighted by molar-refractivity contribution is 0.498. The molecule has 18 heavy (non-hydrogen) atoms. The van der Waals surface area contributed by atoms with Gasteiger partial charge in [-0.25, -0.2) is 4.39 Å². The van der Waals surface area contributed by atoms with Crippen molar-refractivity contribution in [3.8, 4) is 0 Å². The molecule has 0 spiro atoms. The van der Waals surface area contributed by atoms with Gasteiger partial charge in [-0.15, -0.1) is 10.2 Å². The first-order valence-electron chi connectivity index (χ1n) is 5.76. The number of halogens is 1. The van der Waals surface area contributed by atoms with Gasteiger partial charge in [-0.1, -0.05) is 6.92 Å². The molecule has 2 rings (SSSR count). The first kappa shape index (κ1) is 12.6. The van der Waals surface area contributed by atoms with Crippen LogP contribution in [0, 0.1) is 5.82 Å². The molecule has 0 radical (unpaired) electrons. The zero-order valence-corrected chi connectivity index (χ0v) is 10.3. The van der Waals surface area contributed by atoms with Crippen molar-refractivity contribution in [3.05, 3.63) is 35.7 Å². The number of tetrazole rings is 1. The van der Waals surface area contributed by atoms with Gasteiger partial charge < -0.3 is 5.32 Å². The Morgan fingerprint density at radius 2 is 2.33 bits per heavy atom. The van der Waals surface area contributed by atoms with Gasteiger partial charge in [0.05, 0.1) is 13.2 Å². The zero-order valence-electron chi connectivity index (χ0n) is 10.3. The summed E-state index contributed by atoms with van der Waals surface area (Å²) in [6.07, 6.45) is 3.28. The minimum atomic E-state index is -0.327. The van der Waals surface area contributed by atoms with Crippen LogP contribution in [0.3, 0.4) is 0 Å². The van der Waals surface area contributed by atoms with Crippen molar-refractivity contribution in [3.63, 3.8) is 0 Å². The number of hydrogen-bond donors (Lipinski definition) is 1. The molecule has 1 N–H and O–H groups in total. The number of nitrogens with zero attached hydrogens (tertiary/aromatic N) is 5. The molecule has 0 amide bonds. The molecule has 0 bridgehead atoms. The van der Waals surface area contributed by atoms with E-state index in [1.165, 1.54) is 11.0 Å². The van der Waals surface area contributed by atoms with Gasteiger partial charge in [-0.3, -0.25) is 4.98 Å². The van der Waals surface area contributed by atoms with E-state index >= 15 is 0 Å². The molecule has 2 aromatic rings. The summed E-state index contributed by atoms with van der Waals surface area (Å²) in [5, 5.41) is 15.0. The van der Waals surface area contributed by atoms with Crippen molar-refractivity contribution in [2.24, 2.45) is 7.05 Å². The van der Waals surface area contributed by atoms with E-state index < -0.39 is 0 Å². The second-order valence-corrected chi connectivity index (χ2v) is 3.91. The molecule has 6 nitrogen and oxygen atoms in total. The smallest absolute Gasteiger partial charge is 0.176 e. The summed E-state index contributed by atoms with van der Waals surface area (Å²) in [6.45, 7) is 2.70. The molecule has 0 saturated heterocycles. The molecule has 0 aromatic carbocycles. The third-order valence-corrected chi connectivity index (χ3v) is 2.57. The van der Waals surface area contributed by atoms with Crippen LogP contribution in [0.1, 0.15) is 24.4 Å². The van der Waals surface area contributed by atoms with Gasteiger partial charge in [-0.2, -0.15) is 4.80 Å². The van der Waals surface area contributed by atoms with E-state index in [2.05, 4.69) is 25.7 Å². The Kier molecular flexibility index (Phi) is 3.93. The number of likely N-dealkylation sites (N-methyl/N-ethyl adjacent to an activating group) is 1. The highest BCUT2D eigenvalue weighted by Crippen LogP contribution is 2.18. The van der Waals surface area contributed by atoms with Gasteiger partial charge in [0.1, 0.15) is 5.82 Å². The Morgan fingerprint density at radius 3 is 2.94 bits per heavy atom. The van der Waals surface area contributed by atoms with Gasteiger partial charge in [0.15, 0.2) is 5.82 Å². The maximum absolute atomic E-state index is 13.7. The average molecular weight is 250 g/mol. The van der Waals surface area contributed by atoms with Crippen molar-refractivity contribution >= 4 is 0 Å². The summed E-state index contributed by atoms with van der Waals surface area (Å²) in [4.78, 5) is 5.14. The van der Waals surface area contributed by atoms with E-state index in [4.69, 9.17) is 0 Å². The van der Waals surface area contributed by atoms with Gasteiger partial charge in [0, 0.05) is 24.2 Å². The highest BCUT2D eigenvalue weighted by atomic mass is 19.1. The monoisotopic (exact) mass is 250 g/mol. The topological polar surface area (TPSA) is 68.5 Å². The maximum atomic E-state index is 13.7. The summed E-state index contributed by atoms with van der Waals surface area (Å²) in [7, 11) is 1.70. The van der Waals surface area contributed by atoms with Crippen LogP contribution in [0.5, 0.6) is 0 Å². The Bertz CT molecular complexity index is 512. The number of rotatable bonds is 5.